The van der Waals surface area contributed by atoms with Crippen molar-refractivity contribution in [2.24, 2.45) is 0 Å². The lowest BCUT2D eigenvalue weighted by Gasteiger charge is -2.18. The fourth-order valence-corrected chi connectivity index (χ4v) is 0.989. The Morgan fingerprint density at radius 3 is 2.60 bits per heavy atom. The Hall–Kier alpha value is -1.54. The van der Waals surface area contributed by atoms with Gasteiger partial charge in [0.25, 0.3) is 0 Å². The van der Waals surface area contributed by atoms with Crippen LogP contribution in [0, 0.1) is 12.3 Å². The summed E-state index contributed by atoms with van der Waals surface area (Å²) in [7, 11) is 0. The Kier molecular flexibility index (Phi) is 7.02. The van der Waals surface area contributed by atoms with E-state index in [9.17, 15) is 9.59 Å². The summed E-state index contributed by atoms with van der Waals surface area (Å²) in [5, 5.41) is 8.29. The van der Waals surface area contributed by atoms with Gasteiger partial charge in [-0.2, -0.15) is 0 Å². The van der Waals surface area contributed by atoms with Crippen molar-refractivity contribution in [1.29, 1.82) is 0 Å². The summed E-state index contributed by atoms with van der Waals surface area (Å²) in [6, 6.07) is 0. The number of hydrogen-bond donors (Lipinski definition) is 1. The summed E-state index contributed by atoms with van der Waals surface area (Å²) >= 11 is 0. The molecule has 0 saturated heterocycles. The fraction of sp³-hybridized carbons (Fsp3) is 0.600. The molecular weight excluding hydrogens is 198 g/mol. The molecule has 1 amide bonds. The average molecular weight is 213 g/mol. The van der Waals surface area contributed by atoms with Crippen LogP contribution >= 0.6 is 0 Å². The lowest BCUT2D eigenvalue weighted by atomic mass is 10.4. The molecule has 0 aromatic heterocycles. The topological polar surface area (TPSA) is 66.8 Å². The van der Waals surface area contributed by atoms with Crippen LogP contribution in [0.15, 0.2) is 0 Å². The zero-order chi connectivity index (χ0) is 11.7. The summed E-state index contributed by atoms with van der Waals surface area (Å²) in [6.07, 6.45) is 5.89. The molecule has 0 aliphatic heterocycles. The minimum Gasteiger partial charge on any atom is -0.480 e. The highest BCUT2D eigenvalue weighted by atomic mass is 16.5. The van der Waals surface area contributed by atoms with Gasteiger partial charge in [-0.1, -0.05) is 12.8 Å². The number of hydrogen-bond acceptors (Lipinski definition) is 3. The van der Waals surface area contributed by atoms with Crippen molar-refractivity contribution >= 4 is 11.9 Å². The van der Waals surface area contributed by atoms with E-state index in [1.54, 1.807) is 0 Å². The second-order valence-electron chi connectivity index (χ2n) is 2.91. The highest BCUT2D eigenvalue weighted by Crippen LogP contribution is 1.93. The number of rotatable bonds is 7. The van der Waals surface area contributed by atoms with Gasteiger partial charge in [-0.25, -0.2) is 4.79 Å². The zero-order valence-electron chi connectivity index (χ0n) is 8.73. The molecule has 0 aromatic rings. The third-order valence-corrected chi connectivity index (χ3v) is 1.58. The fourth-order valence-electron chi connectivity index (χ4n) is 0.989. The highest BCUT2D eigenvalue weighted by molar-refractivity contribution is 5.78. The van der Waals surface area contributed by atoms with Gasteiger partial charge in [0.05, 0.1) is 6.54 Å². The van der Waals surface area contributed by atoms with E-state index in [0.29, 0.717) is 6.54 Å². The summed E-state index contributed by atoms with van der Waals surface area (Å²) in [6.45, 7) is 1.99. The van der Waals surface area contributed by atoms with Gasteiger partial charge in [-0.15, -0.1) is 6.42 Å². The second kappa shape index (κ2) is 7.83. The van der Waals surface area contributed by atoms with Crippen LogP contribution < -0.4 is 0 Å². The highest BCUT2D eigenvalue weighted by Gasteiger charge is 2.11. The Labute approximate surface area is 89.0 Å². The third-order valence-electron chi connectivity index (χ3n) is 1.58. The molecule has 0 fully saturated rings. The van der Waals surface area contributed by atoms with Gasteiger partial charge in [0, 0.05) is 6.54 Å². The first-order valence-corrected chi connectivity index (χ1v) is 4.62. The van der Waals surface area contributed by atoms with Crippen LogP contribution in [-0.4, -0.2) is 48.2 Å². The summed E-state index contributed by atoms with van der Waals surface area (Å²) in [5.41, 5.74) is 0. The van der Waals surface area contributed by atoms with Crippen molar-refractivity contribution in [2.75, 3.05) is 26.3 Å². The number of nitrogens with zero attached hydrogens (tertiary/aromatic N) is 1. The number of terminal acetylenes is 1. The number of carboxylic acid groups (broad SMARTS) is 1. The van der Waals surface area contributed by atoms with Crippen LogP contribution in [-0.2, 0) is 14.3 Å². The smallest absolute Gasteiger partial charge is 0.329 e. The van der Waals surface area contributed by atoms with Crippen LogP contribution in [0.4, 0.5) is 0 Å². The molecule has 0 rings (SSSR count). The predicted molar refractivity (Wildman–Crippen MR) is 54.2 cm³/mol. The zero-order valence-corrected chi connectivity index (χ0v) is 8.73. The Bertz CT molecular complexity index is 257. The third kappa shape index (κ3) is 6.52. The van der Waals surface area contributed by atoms with Crippen LogP contribution in [0.3, 0.4) is 0 Å². The van der Waals surface area contributed by atoms with E-state index in [1.807, 2.05) is 6.92 Å². The molecule has 0 bridgehead atoms. The van der Waals surface area contributed by atoms with Crippen molar-refractivity contribution in [3.05, 3.63) is 0 Å². The molecule has 0 radical (unpaired) electrons. The van der Waals surface area contributed by atoms with Gasteiger partial charge in [-0.05, 0) is 6.42 Å². The molecule has 0 heterocycles. The van der Waals surface area contributed by atoms with Crippen molar-refractivity contribution in [1.82, 2.24) is 4.90 Å². The van der Waals surface area contributed by atoms with E-state index < -0.39 is 12.6 Å². The number of carbonyl (C=O) groups is 2. The van der Waals surface area contributed by atoms with Gasteiger partial charge in [0.1, 0.15) is 13.2 Å². The van der Waals surface area contributed by atoms with Gasteiger partial charge in [0.2, 0.25) is 5.91 Å². The molecule has 1 N–H and O–H groups in total. The standard InChI is InChI=1S/C10H15NO4/c1-3-5-11(6-4-2)9(12)7-15-8-10(13)14/h1H,4-8H2,2H3,(H,13,14). The molecule has 0 saturated carbocycles. The molecule has 5 heteroatoms. The second-order valence-corrected chi connectivity index (χ2v) is 2.91. The Balaban J connectivity index is 3.92. The van der Waals surface area contributed by atoms with Crippen LogP contribution in [0.1, 0.15) is 13.3 Å². The summed E-state index contributed by atoms with van der Waals surface area (Å²) in [5.74, 6) is 0.989. The van der Waals surface area contributed by atoms with Gasteiger partial charge < -0.3 is 14.7 Å². The van der Waals surface area contributed by atoms with Crippen molar-refractivity contribution < 1.29 is 19.4 Å². The van der Waals surface area contributed by atoms with Crippen LogP contribution in [0.5, 0.6) is 0 Å². The predicted octanol–water partition coefficient (Wildman–Crippen LogP) is -0.0406. The van der Waals surface area contributed by atoms with E-state index in [-0.39, 0.29) is 19.1 Å². The number of carboxylic acids is 1. The molecule has 0 atom stereocenters. The van der Waals surface area contributed by atoms with Gasteiger partial charge >= 0.3 is 5.97 Å². The van der Waals surface area contributed by atoms with E-state index in [0.717, 1.165) is 6.42 Å². The Morgan fingerprint density at radius 1 is 1.47 bits per heavy atom. The van der Waals surface area contributed by atoms with E-state index >= 15 is 0 Å². The lowest BCUT2D eigenvalue weighted by molar-refractivity contribution is -0.145. The van der Waals surface area contributed by atoms with Gasteiger partial charge in [-0.3, -0.25) is 4.79 Å². The van der Waals surface area contributed by atoms with Gasteiger partial charge in [0.15, 0.2) is 0 Å². The SMILES string of the molecule is C#CCN(CCC)C(=O)COCC(=O)O. The lowest BCUT2D eigenvalue weighted by Crippen LogP contribution is -2.35. The van der Waals surface area contributed by atoms with Crippen molar-refractivity contribution in [2.45, 2.75) is 13.3 Å². The van der Waals surface area contributed by atoms with E-state index in [2.05, 4.69) is 10.7 Å². The first kappa shape index (κ1) is 13.5. The molecular formula is C10H15NO4. The van der Waals surface area contributed by atoms with Crippen LogP contribution in [0.25, 0.3) is 0 Å². The maximum atomic E-state index is 11.4. The molecule has 15 heavy (non-hydrogen) atoms. The van der Waals surface area contributed by atoms with Crippen LogP contribution in [0.2, 0.25) is 0 Å². The number of aliphatic carboxylic acids is 1. The summed E-state index contributed by atoms with van der Waals surface area (Å²) in [4.78, 5) is 23.0. The maximum absolute atomic E-state index is 11.4. The quantitative estimate of drug-likeness (QED) is 0.602. The first-order chi connectivity index (χ1) is 7.11. The first-order valence-electron chi connectivity index (χ1n) is 4.62. The van der Waals surface area contributed by atoms with E-state index in [1.165, 1.54) is 4.90 Å². The molecule has 0 spiro atoms. The maximum Gasteiger partial charge on any atom is 0.329 e. The Morgan fingerprint density at radius 2 is 2.13 bits per heavy atom. The number of carbonyl (C=O) groups excluding carboxylic acids is 1. The average Bonchev–Trinajstić information content (AvgIpc) is 2.16. The number of amides is 1. The van der Waals surface area contributed by atoms with E-state index in [4.69, 9.17) is 11.5 Å². The molecule has 0 aliphatic rings. The monoisotopic (exact) mass is 213 g/mol. The summed E-state index contributed by atoms with van der Waals surface area (Å²) < 4.78 is 4.67. The van der Waals surface area contributed by atoms with Crippen molar-refractivity contribution in [3.63, 3.8) is 0 Å². The van der Waals surface area contributed by atoms with Crippen molar-refractivity contribution in [3.8, 4) is 12.3 Å². The normalized spacial score (nSPS) is 9.33. The molecule has 84 valence electrons. The molecule has 0 unspecified atom stereocenters. The largest absolute Gasteiger partial charge is 0.480 e. The molecule has 5 nitrogen and oxygen atoms in total. The molecule has 0 aromatic carbocycles. The minimum atomic E-state index is -1.10. The number of ether oxygens (including phenoxy) is 1. The minimum absolute atomic E-state index is 0.225. The molecule has 0 aliphatic carbocycles.